The fourth-order valence-electron chi connectivity index (χ4n) is 2.52. The van der Waals surface area contributed by atoms with E-state index in [-0.39, 0.29) is 12.5 Å². The van der Waals surface area contributed by atoms with Crippen molar-refractivity contribution >= 4 is 11.8 Å². The van der Waals surface area contributed by atoms with Gasteiger partial charge in [0.2, 0.25) is 5.95 Å². The van der Waals surface area contributed by atoms with Gasteiger partial charge in [-0.1, -0.05) is 12.1 Å². The van der Waals surface area contributed by atoms with Crippen LogP contribution in [0, 0.1) is 0 Å². The van der Waals surface area contributed by atoms with Gasteiger partial charge >= 0.3 is 6.18 Å². The van der Waals surface area contributed by atoms with E-state index in [4.69, 9.17) is 10.5 Å². The van der Waals surface area contributed by atoms with Crippen molar-refractivity contribution in [2.75, 3.05) is 18.2 Å². The summed E-state index contributed by atoms with van der Waals surface area (Å²) in [5.74, 6) is 1.20. The highest BCUT2D eigenvalue weighted by Crippen LogP contribution is 2.30. The Labute approximate surface area is 154 Å². The van der Waals surface area contributed by atoms with Crippen molar-refractivity contribution in [1.82, 2.24) is 9.97 Å². The first-order valence-electron chi connectivity index (χ1n) is 8.04. The van der Waals surface area contributed by atoms with Crippen LogP contribution in [-0.2, 0) is 12.7 Å². The number of halogens is 3. The van der Waals surface area contributed by atoms with Crippen LogP contribution in [0.5, 0.6) is 5.75 Å². The smallest absolute Gasteiger partial charge is 0.416 e. The first kappa shape index (κ1) is 18.5. The number of nitrogens with zero attached hydrogens (tertiary/aromatic N) is 2. The summed E-state index contributed by atoms with van der Waals surface area (Å²) < 4.78 is 43.6. The molecule has 8 heteroatoms. The minimum absolute atomic E-state index is 0.0647. The number of anilines is 2. The Bertz CT molecular complexity index is 927. The molecule has 0 saturated carbocycles. The summed E-state index contributed by atoms with van der Waals surface area (Å²) in [6.07, 6.45) is -4.38. The van der Waals surface area contributed by atoms with Crippen LogP contribution >= 0.6 is 0 Å². The first-order chi connectivity index (χ1) is 12.8. The molecule has 0 atom stereocenters. The van der Waals surface area contributed by atoms with Crippen molar-refractivity contribution in [3.63, 3.8) is 0 Å². The molecule has 1 heterocycles. The molecule has 3 rings (SSSR count). The Morgan fingerprint density at radius 3 is 2.44 bits per heavy atom. The van der Waals surface area contributed by atoms with Gasteiger partial charge in [0.25, 0.3) is 0 Å². The Morgan fingerprint density at radius 1 is 1.04 bits per heavy atom. The van der Waals surface area contributed by atoms with Gasteiger partial charge in [0.05, 0.1) is 18.4 Å². The maximum absolute atomic E-state index is 12.8. The lowest BCUT2D eigenvalue weighted by molar-refractivity contribution is -0.137. The first-order valence-corrected chi connectivity index (χ1v) is 8.04. The van der Waals surface area contributed by atoms with Crippen LogP contribution in [0.15, 0.2) is 54.6 Å². The molecule has 0 aliphatic heterocycles. The summed E-state index contributed by atoms with van der Waals surface area (Å²) in [5.41, 5.74) is 6.96. The fourth-order valence-corrected chi connectivity index (χ4v) is 2.52. The molecule has 0 bridgehead atoms. The number of nitrogens with one attached hydrogen (secondary N) is 1. The van der Waals surface area contributed by atoms with Crippen LogP contribution in [0.4, 0.5) is 24.9 Å². The summed E-state index contributed by atoms with van der Waals surface area (Å²) in [4.78, 5) is 8.29. The Morgan fingerprint density at radius 2 is 1.78 bits per heavy atom. The molecule has 0 radical (unpaired) electrons. The van der Waals surface area contributed by atoms with Gasteiger partial charge in [-0.05, 0) is 42.0 Å². The number of hydrogen-bond acceptors (Lipinski definition) is 5. The van der Waals surface area contributed by atoms with Gasteiger partial charge in [-0.2, -0.15) is 18.2 Å². The molecule has 2 aromatic carbocycles. The number of aromatic nitrogens is 2. The molecule has 0 aliphatic carbocycles. The van der Waals surface area contributed by atoms with Crippen molar-refractivity contribution in [1.29, 1.82) is 0 Å². The van der Waals surface area contributed by atoms with Crippen LogP contribution in [0.2, 0.25) is 0 Å². The van der Waals surface area contributed by atoms with Gasteiger partial charge < -0.3 is 15.8 Å². The molecule has 0 saturated heterocycles. The zero-order valence-corrected chi connectivity index (χ0v) is 14.4. The molecule has 0 fully saturated rings. The summed E-state index contributed by atoms with van der Waals surface area (Å²) >= 11 is 0. The number of rotatable bonds is 5. The second kappa shape index (κ2) is 7.53. The number of ether oxygens (including phenoxy) is 1. The van der Waals surface area contributed by atoms with E-state index >= 15 is 0 Å². The average Bonchev–Trinajstić information content (AvgIpc) is 2.65. The van der Waals surface area contributed by atoms with E-state index in [1.807, 2.05) is 12.1 Å². The third kappa shape index (κ3) is 4.66. The van der Waals surface area contributed by atoms with Gasteiger partial charge in [0, 0.05) is 18.2 Å². The summed E-state index contributed by atoms with van der Waals surface area (Å²) in [6.45, 7) is 0.169. The largest absolute Gasteiger partial charge is 0.497 e. The lowest BCUT2D eigenvalue weighted by atomic mass is 10.1. The molecule has 27 heavy (non-hydrogen) atoms. The zero-order chi connectivity index (χ0) is 19.4. The molecule has 0 unspecified atom stereocenters. The highest BCUT2D eigenvalue weighted by molar-refractivity contribution is 5.64. The van der Waals surface area contributed by atoms with Crippen LogP contribution in [0.1, 0.15) is 11.1 Å². The Kier molecular flexibility index (Phi) is 5.16. The fraction of sp³-hybridized carbons (Fsp3) is 0.158. The average molecular weight is 374 g/mol. The molecule has 1 aromatic heterocycles. The van der Waals surface area contributed by atoms with Gasteiger partial charge in [-0.15, -0.1) is 0 Å². The van der Waals surface area contributed by atoms with E-state index in [1.165, 1.54) is 6.07 Å². The highest BCUT2D eigenvalue weighted by Gasteiger charge is 2.30. The predicted molar refractivity (Wildman–Crippen MR) is 97.2 cm³/mol. The number of benzene rings is 2. The van der Waals surface area contributed by atoms with E-state index in [1.54, 1.807) is 31.4 Å². The molecule has 0 aliphatic rings. The topological polar surface area (TPSA) is 73.1 Å². The van der Waals surface area contributed by atoms with Crippen LogP contribution in [-0.4, -0.2) is 17.1 Å². The second-order valence-corrected chi connectivity index (χ2v) is 5.78. The predicted octanol–water partition coefficient (Wildman–Crippen LogP) is 4.37. The van der Waals surface area contributed by atoms with Crippen molar-refractivity contribution in [3.05, 3.63) is 65.7 Å². The molecular weight excluding hydrogens is 357 g/mol. The lowest BCUT2D eigenvalue weighted by Crippen LogP contribution is -2.08. The lowest BCUT2D eigenvalue weighted by Gasteiger charge is -2.11. The molecule has 5 nitrogen and oxygen atoms in total. The van der Waals surface area contributed by atoms with Crippen LogP contribution < -0.4 is 15.8 Å². The van der Waals surface area contributed by atoms with E-state index < -0.39 is 11.7 Å². The van der Waals surface area contributed by atoms with E-state index in [0.717, 1.165) is 17.7 Å². The van der Waals surface area contributed by atoms with Gasteiger partial charge in [-0.25, -0.2) is 4.98 Å². The quantitative estimate of drug-likeness (QED) is 0.694. The molecule has 140 valence electrons. The third-order valence-electron chi connectivity index (χ3n) is 3.86. The number of methoxy groups -OCH3 is 1. The SMILES string of the molecule is COc1ccc(-c2cc(NCc3cccc(C(F)(F)F)c3)nc(N)n2)cc1. The van der Waals surface area contributed by atoms with Crippen molar-refractivity contribution in [2.24, 2.45) is 0 Å². The van der Waals surface area contributed by atoms with E-state index in [9.17, 15) is 13.2 Å². The summed E-state index contributed by atoms with van der Waals surface area (Å²) in [7, 11) is 1.58. The second-order valence-electron chi connectivity index (χ2n) is 5.78. The molecule has 0 amide bonds. The molecule has 3 aromatic rings. The number of hydrogen-bond donors (Lipinski definition) is 2. The van der Waals surface area contributed by atoms with Gasteiger partial charge in [0.1, 0.15) is 11.6 Å². The minimum Gasteiger partial charge on any atom is -0.497 e. The molecule has 0 spiro atoms. The summed E-state index contributed by atoms with van der Waals surface area (Å²) in [6, 6.07) is 14.1. The zero-order valence-electron chi connectivity index (χ0n) is 14.4. The van der Waals surface area contributed by atoms with E-state index in [2.05, 4.69) is 15.3 Å². The Balaban J connectivity index is 1.78. The van der Waals surface area contributed by atoms with Crippen LogP contribution in [0.3, 0.4) is 0 Å². The number of nitrogen functional groups attached to an aromatic ring is 1. The number of alkyl halides is 3. The maximum Gasteiger partial charge on any atom is 0.416 e. The van der Waals surface area contributed by atoms with E-state index in [0.29, 0.717) is 22.8 Å². The van der Waals surface area contributed by atoms with Gasteiger partial charge in [0.15, 0.2) is 0 Å². The Hall–Kier alpha value is -3.29. The van der Waals surface area contributed by atoms with Crippen molar-refractivity contribution in [3.8, 4) is 17.0 Å². The maximum atomic E-state index is 12.8. The van der Waals surface area contributed by atoms with Crippen molar-refractivity contribution in [2.45, 2.75) is 12.7 Å². The van der Waals surface area contributed by atoms with Crippen molar-refractivity contribution < 1.29 is 17.9 Å². The monoisotopic (exact) mass is 374 g/mol. The standard InChI is InChI=1S/C19H17F3N4O/c1-27-15-7-5-13(6-8-15)16-10-17(26-18(23)25-16)24-11-12-3-2-4-14(9-12)19(20,21)22/h2-10H,11H2,1H3,(H3,23,24,25,26). The normalized spacial score (nSPS) is 11.3. The number of nitrogens with two attached hydrogens (primary N) is 1. The third-order valence-corrected chi connectivity index (χ3v) is 3.86. The molecule has 3 N–H and O–H groups in total. The minimum atomic E-state index is -4.38. The van der Waals surface area contributed by atoms with Gasteiger partial charge in [-0.3, -0.25) is 0 Å². The van der Waals surface area contributed by atoms with Crippen LogP contribution in [0.25, 0.3) is 11.3 Å². The summed E-state index contributed by atoms with van der Waals surface area (Å²) in [5, 5.41) is 2.99. The molecular formula is C19H17F3N4O. The highest BCUT2D eigenvalue weighted by atomic mass is 19.4.